The number of aryl methyl sites for hydroxylation is 2. The number of nitriles is 1. The maximum absolute atomic E-state index is 11.4. The molecule has 5 rings (SSSR count). The number of allylic oxidation sites excluding steroid dienone is 1. The molecule has 30 heavy (non-hydrogen) atoms. The summed E-state index contributed by atoms with van der Waals surface area (Å²) < 4.78 is 0. The topological polar surface area (TPSA) is 76.7 Å². The maximum atomic E-state index is 11.4. The fourth-order valence-corrected chi connectivity index (χ4v) is 4.63. The van der Waals surface area contributed by atoms with Crippen LogP contribution in [0.15, 0.2) is 71.0 Å². The molecule has 3 aliphatic rings. The Balaban J connectivity index is 1.63. The minimum absolute atomic E-state index is 0.0228. The Kier molecular flexibility index (Phi) is 4.17. The Bertz CT molecular complexity index is 1260. The van der Waals surface area contributed by atoms with Gasteiger partial charge in [-0.1, -0.05) is 12.1 Å². The maximum Gasteiger partial charge on any atom is 0.335 e. The van der Waals surface area contributed by atoms with E-state index in [-0.39, 0.29) is 12.0 Å². The zero-order valence-corrected chi connectivity index (χ0v) is 16.5. The molecule has 2 atom stereocenters. The highest BCUT2D eigenvalue weighted by molar-refractivity contribution is 6.08. The van der Waals surface area contributed by atoms with Gasteiger partial charge < -0.3 is 5.11 Å². The van der Waals surface area contributed by atoms with Crippen molar-refractivity contribution >= 4 is 17.4 Å². The molecule has 2 aliphatic carbocycles. The van der Waals surface area contributed by atoms with Crippen molar-refractivity contribution in [2.45, 2.75) is 25.8 Å². The number of aromatic carboxylic acids is 1. The van der Waals surface area contributed by atoms with Crippen LogP contribution in [0.25, 0.3) is 0 Å². The number of anilines is 1. The van der Waals surface area contributed by atoms with Crippen LogP contribution in [-0.4, -0.2) is 22.8 Å². The molecule has 146 valence electrons. The van der Waals surface area contributed by atoms with E-state index in [4.69, 9.17) is 5.10 Å². The van der Waals surface area contributed by atoms with E-state index in [1.807, 2.05) is 48.4 Å². The second-order valence-corrected chi connectivity index (χ2v) is 7.83. The molecular weight excluding hydrogens is 374 g/mol. The first-order valence-electron chi connectivity index (χ1n) is 9.95. The van der Waals surface area contributed by atoms with E-state index in [0.29, 0.717) is 11.1 Å². The number of hydrogen-bond acceptors (Lipinski definition) is 4. The van der Waals surface area contributed by atoms with Crippen LogP contribution < -0.4 is 5.01 Å². The number of fused-ring (bicyclic) bond motifs is 3. The van der Waals surface area contributed by atoms with Gasteiger partial charge in [0.2, 0.25) is 0 Å². The summed E-state index contributed by atoms with van der Waals surface area (Å²) in [6.07, 6.45) is 7.70. The zero-order chi connectivity index (χ0) is 20.8. The summed E-state index contributed by atoms with van der Waals surface area (Å²) in [5.74, 6) is -0.713. The fourth-order valence-electron chi connectivity index (χ4n) is 4.63. The van der Waals surface area contributed by atoms with Gasteiger partial charge in [-0.15, -0.1) is 5.73 Å². The molecule has 2 aromatic rings. The van der Waals surface area contributed by atoms with Gasteiger partial charge in [0, 0.05) is 17.1 Å². The third-order valence-corrected chi connectivity index (χ3v) is 6.10. The predicted molar refractivity (Wildman–Crippen MR) is 115 cm³/mol. The summed E-state index contributed by atoms with van der Waals surface area (Å²) in [7, 11) is 0. The molecule has 2 aromatic carbocycles. The monoisotopic (exact) mass is 393 g/mol. The first-order valence-corrected chi connectivity index (χ1v) is 9.95. The lowest BCUT2D eigenvalue weighted by Gasteiger charge is -2.30. The number of hydrazone groups is 1. The van der Waals surface area contributed by atoms with Crippen molar-refractivity contribution < 1.29 is 9.90 Å². The lowest BCUT2D eigenvalue weighted by atomic mass is 9.77. The molecule has 2 unspecified atom stereocenters. The highest BCUT2D eigenvalue weighted by atomic mass is 16.4. The number of hydrogen-bond donors (Lipinski definition) is 1. The molecule has 1 N–H and O–H groups in total. The van der Waals surface area contributed by atoms with Crippen LogP contribution >= 0.6 is 0 Å². The second kappa shape index (κ2) is 6.88. The van der Waals surface area contributed by atoms with E-state index >= 15 is 0 Å². The number of carboxylic acids is 1. The zero-order valence-electron chi connectivity index (χ0n) is 16.5. The van der Waals surface area contributed by atoms with Gasteiger partial charge in [0.25, 0.3) is 0 Å². The van der Waals surface area contributed by atoms with Crippen molar-refractivity contribution in [3.63, 3.8) is 0 Å². The standard InChI is InChI=1S/C25H19N3O2/c1-15-12-20(9-6-19(15)14-26)28-24(16-4-2-3-5-16)22-11-7-17-13-18(25(29)30)8-10-21(17)23(22)27-28/h2-4,6,8-10,12-13,22,24H,7,11H2,1H3,(H,29,30). The van der Waals surface area contributed by atoms with E-state index in [9.17, 15) is 15.2 Å². The molecule has 0 saturated carbocycles. The Labute approximate surface area is 174 Å². The predicted octanol–water partition coefficient (Wildman–Crippen LogP) is 4.37. The first kappa shape index (κ1) is 18.2. The Morgan fingerprint density at radius 1 is 1.30 bits per heavy atom. The third kappa shape index (κ3) is 2.78. The van der Waals surface area contributed by atoms with E-state index in [1.165, 1.54) is 0 Å². The summed E-state index contributed by atoms with van der Waals surface area (Å²) in [6, 6.07) is 13.3. The molecule has 5 heteroatoms. The molecule has 0 spiro atoms. The van der Waals surface area contributed by atoms with Gasteiger partial charge in [-0.3, -0.25) is 5.01 Å². The van der Waals surface area contributed by atoms with Crippen molar-refractivity contribution in [1.82, 2.24) is 0 Å². The molecule has 5 nitrogen and oxygen atoms in total. The van der Waals surface area contributed by atoms with E-state index in [2.05, 4.69) is 17.9 Å². The third-order valence-electron chi connectivity index (χ3n) is 6.10. The van der Waals surface area contributed by atoms with Crippen molar-refractivity contribution in [3.8, 4) is 6.07 Å². The summed E-state index contributed by atoms with van der Waals surface area (Å²) in [4.78, 5) is 11.4. The largest absolute Gasteiger partial charge is 0.478 e. The fraction of sp³-hybridized carbons (Fsp3) is 0.200. The number of nitrogens with zero attached hydrogens (tertiary/aromatic N) is 3. The van der Waals surface area contributed by atoms with Crippen LogP contribution in [0.2, 0.25) is 0 Å². The molecule has 0 aromatic heterocycles. The van der Waals surface area contributed by atoms with Gasteiger partial charge in [0.15, 0.2) is 0 Å². The molecule has 0 saturated heterocycles. The minimum Gasteiger partial charge on any atom is -0.478 e. The highest BCUT2D eigenvalue weighted by Crippen LogP contribution is 2.41. The van der Waals surface area contributed by atoms with Crippen LogP contribution in [0, 0.1) is 24.2 Å². The van der Waals surface area contributed by atoms with Crippen molar-refractivity contribution in [3.05, 3.63) is 93.7 Å². The van der Waals surface area contributed by atoms with Crippen LogP contribution in [0.4, 0.5) is 5.69 Å². The first-order chi connectivity index (χ1) is 14.6. The summed E-state index contributed by atoms with van der Waals surface area (Å²) in [5.41, 5.74) is 10.3. The lowest BCUT2D eigenvalue weighted by Crippen LogP contribution is -2.36. The Morgan fingerprint density at radius 3 is 2.87 bits per heavy atom. The van der Waals surface area contributed by atoms with Crippen LogP contribution in [0.1, 0.15) is 39.0 Å². The smallest absolute Gasteiger partial charge is 0.335 e. The second-order valence-electron chi connectivity index (χ2n) is 7.83. The van der Waals surface area contributed by atoms with Gasteiger partial charge in [-0.2, -0.15) is 10.4 Å². The van der Waals surface area contributed by atoms with Gasteiger partial charge in [-0.25, -0.2) is 4.79 Å². The Morgan fingerprint density at radius 2 is 2.17 bits per heavy atom. The molecule has 0 radical (unpaired) electrons. The van der Waals surface area contributed by atoms with E-state index < -0.39 is 5.97 Å². The number of carbonyl (C=O) groups is 1. The molecule has 1 heterocycles. The van der Waals surface area contributed by atoms with Gasteiger partial charge in [-0.05, 0) is 73.4 Å². The SMILES string of the molecule is Cc1cc(N2N=C3c4ccc(C(=O)O)cc4CCC3C2C2=C=CC=C2)ccc1C#N. The quantitative estimate of drug-likeness (QED) is 0.786. The lowest BCUT2D eigenvalue weighted by molar-refractivity contribution is 0.0696. The average molecular weight is 393 g/mol. The number of benzene rings is 2. The minimum atomic E-state index is -0.910. The van der Waals surface area contributed by atoms with Gasteiger partial charge in [0.05, 0.1) is 34.6 Å². The van der Waals surface area contributed by atoms with Crippen LogP contribution in [-0.2, 0) is 6.42 Å². The average Bonchev–Trinajstić information content (AvgIpc) is 3.40. The van der Waals surface area contributed by atoms with E-state index in [1.54, 1.807) is 12.1 Å². The number of carboxylic acid groups (broad SMARTS) is 1. The summed E-state index contributed by atoms with van der Waals surface area (Å²) >= 11 is 0. The van der Waals surface area contributed by atoms with Crippen LogP contribution in [0.3, 0.4) is 0 Å². The summed E-state index contributed by atoms with van der Waals surface area (Å²) in [6.45, 7) is 1.94. The molecule has 0 amide bonds. The van der Waals surface area contributed by atoms with Gasteiger partial charge >= 0.3 is 5.97 Å². The molecule has 0 bridgehead atoms. The molecule has 1 aliphatic heterocycles. The van der Waals surface area contributed by atoms with Gasteiger partial charge in [0.1, 0.15) is 0 Å². The molecule has 0 fully saturated rings. The highest BCUT2D eigenvalue weighted by Gasteiger charge is 2.43. The van der Waals surface area contributed by atoms with E-state index in [0.717, 1.165) is 46.5 Å². The molecular formula is C25H19N3O2. The van der Waals surface area contributed by atoms with Crippen molar-refractivity contribution in [1.29, 1.82) is 5.26 Å². The van der Waals surface area contributed by atoms with Crippen LogP contribution in [0.5, 0.6) is 0 Å². The Hall–Kier alpha value is -3.87. The van der Waals surface area contributed by atoms with Crippen molar-refractivity contribution in [2.75, 3.05) is 5.01 Å². The van der Waals surface area contributed by atoms with Crippen molar-refractivity contribution in [2.24, 2.45) is 11.0 Å². The normalized spacial score (nSPS) is 21.0. The summed E-state index contributed by atoms with van der Waals surface area (Å²) in [5, 5.41) is 25.7. The number of rotatable bonds is 3.